The van der Waals surface area contributed by atoms with Gasteiger partial charge in [-0.15, -0.1) is 0 Å². The molecule has 1 aromatic heterocycles. The van der Waals surface area contributed by atoms with Crippen LogP contribution in [0.15, 0.2) is 12.4 Å². The number of hydrogen-bond acceptors (Lipinski definition) is 0. The lowest BCUT2D eigenvalue weighted by Crippen LogP contribution is -2.37. The minimum atomic E-state index is 1.17. The van der Waals surface area contributed by atoms with Crippen LogP contribution in [0.2, 0.25) is 0 Å². The van der Waals surface area contributed by atoms with Gasteiger partial charge in [-0.05, 0) is 25.7 Å². The monoisotopic (exact) mass is 265 g/mol. The first-order valence-electron chi connectivity index (χ1n) is 8.40. The van der Waals surface area contributed by atoms with Gasteiger partial charge in [-0.1, -0.05) is 46.5 Å². The van der Waals surface area contributed by atoms with Gasteiger partial charge in [0.25, 0.3) is 5.82 Å². The predicted octanol–water partition coefficient (Wildman–Crippen LogP) is 4.50. The van der Waals surface area contributed by atoms with Crippen molar-refractivity contribution in [2.45, 2.75) is 91.6 Å². The van der Waals surface area contributed by atoms with E-state index in [9.17, 15) is 0 Å². The highest BCUT2D eigenvalue weighted by molar-refractivity contribution is 4.84. The Morgan fingerprint density at radius 3 is 2.32 bits per heavy atom. The van der Waals surface area contributed by atoms with E-state index in [0.717, 1.165) is 0 Å². The number of unbranched alkanes of at least 4 members (excludes halogenated alkanes) is 5. The highest BCUT2D eigenvalue weighted by Crippen LogP contribution is 2.08. The first kappa shape index (κ1) is 16.3. The van der Waals surface area contributed by atoms with Gasteiger partial charge in [0.2, 0.25) is 0 Å². The zero-order valence-electron chi connectivity index (χ0n) is 13.3. The van der Waals surface area contributed by atoms with Crippen molar-refractivity contribution in [2.75, 3.05) is 0 Å². The Morgan fingerprint density at radius 2 is 1.63 bits per heavy atom. The maximum absolute atomic E-state index is 2.50. The smallest absolute Gasteiger partial charge is 0.234 e. The standard InChI is InChI=1S/C17H33N2/c1-4-7-9-11-14-19-16-15-18(13-6-3)17(19)12-10-8-5-2/h15-16H,4-14H2,1-3H3/q+1. The molecule has 0 fully saturated rings. The molecule has 2 nitrogen and oxygen atoms in total. The van der Waals surface area contributed by atoms with E-state index in [2.05, 4.69) is 42.3 Å². The van der Waals surface area contributed by atoms with Gasteiger partial charge in [-0.25, -0.2) is 9.13 Å². The van der Waals surface area contributed by atoms with E-state index in [-0.39, 0.29) is 0 Å². The summed E-state index contributed by atoms with van der Waals surface area (Å²) in [7, 11) is 0. The number of hydrogen-bond donors (Lipinski definition) is 0. The fourth-order valence-corrected chi connectivity index (χ4v) is 2.68. The van der Waals surface area contributed by atoms with Crippen LogP contribution in [-0.2, 0) is 19.5 Å². The molecule has 0 aliphatic heterocycles. The Hall–Kier alpha value is -0.790. The van der Waals surface area contributed by atoms with E-state index in [4.69, 9.17) is 0 Å². The van der Waals surface area contributed by atoms with Crippen LogP contribution in [0.1, 0.15) is 78.0 Å². The summed E-state index contributed by atoms with van der Waals surface area (Å²) >= 11 is 0. The van der Waals surface area contributed by atoms with Crippen LogP contribution in [0.25, 0.3) is 0 Å². The molecule has 0 radical (unpaired) electrons. The third kappa shape index (κ3) is 5.80. The molecule has 0 saturated carbocycles. The summed E-state index contributed by atoms with van der Waals surface area (Å²) < 4.78 is 4.97. The molecule has 0 atom stereocenters. The Kier molecular flexibility index (Phi) is 8.61. The molecular weight excluding hydrogens is 232 g/mol. The molecule has 0 unspecified atom stereocenters. The van der Waals surface area contributed by atoms with E-state index in [1.165, 1.54) is 70.9 Å². The van der Waals surface area contributed by atoms with Crippen LogP contribution >= 0.6 is 0 Å². The summed E-state index contributed by atoms with van der Waals surface area (Å²) in [6.07, 6.45) is 16.4. The molecule has 0 aliphatic carbocycles. The van der Waals surface area contributed by atoms with Gasteiger partial charge in [-0.2, -0.15) is 0 Å². The largest absolute Gasteiger partial charge is 0.256 e. The Bertz CT molecular complexity index is 328. The van der Waals surface area contributed by atoms with Crippen molar-refractivity contribution in [1.29, 1.82) is 0 Å². The number of rotatable bonds is 11. The number of aryl methyl sites for hydroxylation is 2. The van der Waals surface area contributed by atoms with Gasteiger partial charge in [0.15, 0.2) is 0 Å². The molecule has 0 saturated heterocycles. The molecule has 19 heavy (non-hydrogen) atoms. The van der Waals surface area contributed by atoms with Crippen LogP contribution < -0.4 is 4.57 Å². The van der Waals surface area contributed by atoms with Gasteiger partial charge in [0, 0.05) is 6.42 Å². The van der Waals surface area contributed by atoms with Crippen molar-refractivity contribution in [3.63, 3.8) is 0 Å². The Morgan fingerprint density at radius 1 is 0.895 bits per heavy atom. The average molecular weight is 265 g/mol. The van der Waals surface area contributed by atoms with Crippen molar-refractivity contribution in [2.24, 2.45) is 0 Å². The number of imidazole rings is 1. The molecule has 0 bridgehead atoms. The second-order valence-corrected chi connectivity index (χ2v) is 5.62. The quantitative estimate of drug-likeness (QED) is 0.411. The number of aromatic nitrogens is 2. The highest BCUT2D eigenvalue weighted by Gasteiger charge is 2.15. The summed E-state index contributed by atoms with van der Waals surface area (Å²) in [6, 6.07) is 0. The summed E-state index contributed by atoms with van der Waals surface area (Å²) in [4.78, 5) is 0. The van der Waals surface area contributed by atoms with Crippen molar-refractivity contribution < 1.29 is 4.57 Å². The summed E-state index contributed by atoms with van der Waals surface area (Å²) in [5.41, 5.74) is 0. The van der Waals surface area contributed by atoms with Gasteiger partial charge >= 0.3 is 0 Å². The molecule has 1 heterocycles. The van der Waals surface area contributed by atoms with Crippen LogP contribution in [0.5, 0.6) is 0 Å². The molecule has 1 aromatic rings. The summed E-state index contributed by atoms with van der Waals surface area (Å²) in [6.45, 7) is 9.20. The minimum Gasteiger partial charge on any atom is -0.234 e. The SMILES string of the molecule is CCCCCCn1cc[n+](CCC)c1CCCCC. The van der Waals surface area contributed by atoms with E-state index in [1.807, 2.05) is 0 Å². The lowest BCUT2D eigenvalue weighted by molar-refractivity contribution is -0.703. The third-order valence-corrected chi connectivity index (χ3v) is 3.81. The van der Waals surface area contributed by atoms with Crippen LogP contribution in [0.4, 0.5) is 0 Å². The van der Waals surface area contributed by atoms with Gasteiger partial charge < -0.3 is 0 Å². The Labute approximate surface area is 119 Å². The Balaban J connectivity index is 2.56. The topological polar surface area (TPSA) is 8.81 Å². The van der Waals surface area contributed by atoms with Crippen molar-refractivity contribution in [3.05, 3.63) is 18.2 Å². The maximum Gasteiger partial charge on any atom is 0.256 e. The van der Waals surface area contributed by atoms with Crippen molar-refractivity contribution in [1.82, 2.24) is 4.57 Å². The second-order valence-electron chi connectivity index (χ2n) is 5.62. The van der Waals surface area contributed by atoms with E-state index >= 15 is 0 Å². The lowest BCUT2D eigenvalue weighted by Gasteiger charge is -2.05. The van der Waals surface area contributed by atoms with E-state index in [1.54, 1.807) is 5.82 Å². The van der Waals surface area contributed by atoms with Gasteiger partial charge in [0.05, 0.1) is 13.1 Å². The molecule has 0 aliphatic rings. The maximum atomic E-state index is 2.50. The molecule has 2 heteroatoms. The van der Waals surface area contributed by atoms with Crippen molar-refractivity contribution in [3.8, 4) is 0 Å². The first-order valence-corrected chi connectivity index (χ1v) is 8.40. The fourth-order valence-electron chi connectivity index (χ4n) is 2.68. The van der Waals surface area contributed by atoms with Crippen LogP contribution in [0, 0.1) is 0 Å². The van der Waals surface area contributed by atoms with Crippen molar-refractivity contribution >= 4 is 0 Å². The van der Waals surface area contributed by atoms with E-state index < -0.39 is 0 Å². The zero-order chi connectivity index (χ0) is 13.9. The molecular formula is C17H33N2+. The third-order valence-electron chi connectivity index (χ3n) is 3.81. The molecule has 0 N–H and O–H groups in total. The molecule has 110 valence electrons. The van der Waals surface area contributed by atoms with Gasteiger partial charge in [-0.3, -0.25) is 0 Å². The second kappa shape index (κ2) is 10.1. The summed E-state index contributed by atoms with van der Waals surface area (Å²) in [5, 5.41) is 0. The van der Waals surface area contributed by atoms with E-state index in [0.29, 0.717) is 0 Å². The highest BCUT2D eigenvalue weighted by atomic mass is 15.1. The lowest BCUT2D eigenvalue weighted by atomic mass is 10.2. The molecule has 0 aromatic carbocycles. The van der Waals surface area contributed by atoms with Crippen LogP contribution in [0.3, 0.4) is 0 Å². The molecule has 1 rings (SSSR count). The fraction of sp³-hybridized carbons (Fsp3) is 0.824. The van der Waals surface area contributed by atoms with Gasteiger partial charge in [0.1, 0.15) is 12.4 Å². The normalized spacial score (nSPS) is 11.1. The molecule has 0 amide bonds. The predicted molar refractivity (Wildman–Crippen MR) is 82.3 cm³/mol. The number of nitrogens with zero attached hydrogens (tertiary/aromatic N) is 2. The zero-order valence-corrected chi connectivity index (χ0v) is 13.3. The first-order chi connectivity index (χ1) is 9.33. The minimum absolute atomic E-state index is 1.17. The van der Waals surface area contributed by atoms with Crippen LogP contribution in [-0.4, -0.2) is 4.57 Å². The molecule has 0 spiro atoms. The average Bonchev–Trinajstić information content (AvgIpc) is 2.79. The summed E-state index contributed by atoms with van der Waals surface area (Å²) in [5.74, 6) is 1.55.